The zero-order valence-electron chi connectivity index (χ0n) is 16.9. The van der Waals surface area contributed by atoms with Crippen LogP contribution in [0.3, 0.4) is 0 Å². The Morgan fingerprint density at radius 2 is 2.00 bits per heavy atom. The molecule has 0 radical (unpaired) electrons. The Labute approximate surface area is 184 Å². The van der Waals surface area contributed by atoms with Crippen LogP contribution < -0.4 is 10.6 Å². The highest BCUT2D eigenvalue weighted by atomic mass is 35.5. The summed E-state index contributed by atoms with van der Waals surface area (Å²) >= 11 is 5.83. The average molecular weight is 466 g/mol. The van der Waals surface area contributed by atoms with Crippen LogP contribution in [0.2, 0.25) is 5.02 Å². The molecule has 0 amide bonds. The van der Waals surface area contributed by atoms with Gasteiger partial charge in [-0.2, -0.15) is 4.98 Å². The molecule has 0 aliphatic heterocycles. The van der Waals surface area contributed by atoms with Crippen LogP contribution in [0.4, 0.5) is 21.8 Å². The molecule has 0 atom stereocenters. The third kappa shape index (κ3) is 6.09. The Hall–Kier alpha value is -2.82. The summed E-state index contributed by atoms with van der Waals surface area (Å²) in [6.07, 6.45) is 6.25. The second kappa shape index (κ2) is 9.99. The van der Waals surface area contributed by atoms with Crippen LogP contribution in [-0.4, -0.2) is 49.9 Å². The lowest BCUT2D eigenvalue weighted by Crippen LogP contribution is -2.09. The lowest BCUT2D eigenvalue weighted by Gasteiger charge is -2.14. The maximum atomic E-state index is 13.4. The highest BCUT2D eigenvalue weighted by Crippen LogP contribution is 2.29. The third-order valence-corrected chi connectivity index (χ3v) is 5.60. The SMILES string of the molecule is COCCCNc1nc(Nc2ccc(F)c(Cl)c2)ncc1-c1cncc(S(C)(=O)=O)c1. The number of nitrogens with zero attached hydrogens (tertiary/aromatic N) is 3. The summed E-state index contributed by atoms with van der Waals surface area (Å²) in [7, 11) is -1.80. The van der Waals surface area contributed by atoms with Gasteiger partial charge < -0.3 is 15.4 Å². The Bertz CT molecular complexity index is 1180. The van der Waals surface area contributed by atoms with Crippen molar-refractivity contribution in [2.75, 3.05) is 37.2 Å². The molecule has 0 fully saturated rings. The molecule has 1 aromatic carbocycles. The monoisotopic (exact) mass is 465 g/mol. The standard InChI is InChI=1S/C20H21ClFN5O3S/c1-30-7-3-6-24-19-16(13-8-15(11-23-10-13)31(2,28)29)12-25-20(27-19)26-14-4-5-18(22)17(21)9-14/h4-5,8-12H,3,6-7H2,1-2H3,(H2,24,25,26,27). The fourth-order valence-electron chi connectivity index (χ4n) is 2.68. The number of hydrogen-bond acceptors (Lipinski definition) is 8. The number of nitrogens with one attached hydrogen (secondary N) is 2. The maximum absolute atomic E-state index is 13.4. The van der Waals surface area contributed by atoms with Crippen molar-refractivity contribution in [1.82, 2.24) is 15.0 Å². The molecule has 0 bridgehead atoms. The largest absolute Gasteiger partial charge is 0.385 e. The first-order valence-electron chi connectivity index (χ1n) is 9.25. The van der Waals surface area contributed by atoms with E-state index in [1.165, 1.54) is 30.5 Å². The van der Waals surface area contributed by atoms with E-state index in [1.807, 2.05) is 0 Å². The highest BCUT2D eigenvalue weighted by Gasteiger charge is 2.14. The molecule has 0 unspecified atom stereocenters. The van der Waals surface area contributed by atoms with Crippen LogP contribution in [0.25, 0.3) is 11.1 Å². The van der Waals surface area contributed by atoms with E-state index >= 15 is 0 Å². The molecule has 3 rings (SSSR count). The van der Waals surface area contributed by atoms with Gasteiger partial charge in [0, 0.05) is 61.9 Å². The predicted molar refractivity (Wildman–Crippen MR) is 118 cm³/mol. The lowest BCUT2D eigenvalue weighted by atomic mass is 10.1. The molecule has 0 aliphatic rings. The summed E-state index contributed by atoms with van der Waals surface area (Å²) in [6.45, 7) is 1.14. The van der Waals surface area contributed by atoms with Gasteiger partial charge in [-0.15, -0.1) is 0 Å². The van der Waals surface area contributed by atoms with E-state index in [0.717, 1.165) is 12.7 Å². The molecule has 0 saturated carbocycles. The maximum Gasteiger partial charge on any atom is 0.229 e. The minimum atomic E-state index is -3.42. The summed E-state index contributed by atoms with van der Waals surface area (Å²) in [5.74, 6) is 0.212. The van der Waals surface area contributed by atoms with Gasteiger partial charge in [-0.05, 0) is 30.7 Å². The molecule has 2 N–H and O–H groups in total. The number of halogens is 2. The van der Waals surface area contributed by atoms with Gasteiger partial charge in [-0.25, -0.2) is 17.8 Å². The first kappa shape index (κ1) is 22.9. The van der Waals surface area contributed by atoms with E-state index in [9.17, 15) is 12.8 Å². The van der Waals surface area contributed by atoms with Gasteiger partial charge in [0.2, 0.25) is 5.95 Å². The Kier molecular flexibility index (Phi) is 7.37. The molecule has 0 spiro atoms. The van der Waals surface area contributed by atoms with E-state index in [-0.39, 0.29) is 15.9 Å². The first-order chi connectivity index (χ1) is 14.8. The second-order valence-corrected chi connectivity index (χ2v) is 9.09. The van der Waals surface area contributed by atoms with Crippen LogP contribution in [-0.2, 0) is 14.6 Å². The highest BCUT2D eigenvalue weighted by molar-refractivity contribution is 7.90. The number of methoxy groups -OCH3 is 1. The summed E-state index contributed by atoms with van der Waals surface area (Å²) < 4.78 is 42.3. The van der Waals surface area contributed by atoms with Crippen LogP contribution in [0.1, 0.15) is 6.42 Å². The van der Waals surface area contributed by atoms with Crippen molar-refractivity contribution in [3.63, 3.8) is 0 Å². The van der Waals surface area contributed by atoms with Gasteiger partial charge in [-0.1, -0.05) is 11.6 Å². The van der Waals surface area contributed by atoms with Crippen molar-refractivity contribution in [1.29, 1.82) is 0 Å². The van der Waals surface area contributed by atoms with Crippen LogP contribution in [0.5, 0.6) is 0 Å². The Balaban J connectivity index is 1.95. The van der Waals surface area contributed by atoms with Gasteiger partial charge in [0.1, 0.15) is 11.6 Å². The Morgan fingerprint density at radius 3 is 2.71 bits per heavy atom. The molecule has 0 saturated heterocycles. The van der Waals surface area contributed by atoms with Gasteiger partial charge in [-0.3, -0.25) is 4.98 Å². The molecule has 11 heteroatoms. The molecule has 3 aromatic rings. The number of sulfone groups is 1. The molecule has 31 heavy (non-hydrogen) atoms. The second-order valence-electron chi connectivity index (χ2n) is 6.66. The van der Waals surface area contributed by atoms with E-state index < -0.39 is 15.7 Å². The Morgan fingerprint density at radius 1 is 1.19 bits per heavy atom. The van der Waals surface area contributed by atoms with Crippen molar-refractivity contribution < 1.29 is 17.5 Å². The van der Waals surface area contributed by atoms with Crippen molar-refractivity contribution in [3.8, 4) is 11.1 Å². The molecule has 0 aliphatic carbocycles. The van der Waals surface area contributed by atoms with E-state index in [2.05, 4.69) is 25.6 Å². The first-order valence-corrected chi connectivity index (χ1v) is 11.5. The van der Waals surface area contributed by atoms with Crippen molar-refractivity contribution >= 4 is 38.9 Å². The molecule has 2 heterocycles. The molecule has 164 valence electrons. The van der Waals surface area contributed by atoms with E-state index in [4.69, 9.17) is 16.3 Å². The minimum Gasteiger partial charge on any atom is -0.385 e. The zero-order valence-corrected chi connectivity index (χ0v) is 18.5. The number of hydrogen-bond donors (Lipinski definition) is 2. The van der Waals surface area contributed by atoms with Crippen LogP contribution >= 0.6 is 11.6 Å². The quantitative estimate of drug-likeness (QED) is 0.458. The van der Waals surface area contributed by atoms with Crippen molar-refractivity contribution in [2.45, 2.75) is 11.3 Å². The van der Waals surface area contributed by atoms with Gasteiger partial charge in [0.05, 0.1) is 9.92 Å². The summed E-state index contributed by atoms with van der Waals surface area (Å²) in [6, 6.07) is 5.71. The number of pyridine rings is 1. The average Bonchev–Trinajstić information content (AvgIpc) is 2.73. The van der Waals surface area contributed by atoms with Crippen LogP contribution in [0, 0.1) is 5.82 Å². The number of benzene rings is 1. The topological polar surface area (TPSA) is 106 Å². The molecular formula is C20H21ClFN5O3S. The summed E-state index contributed by atoms with van der Waals surface area (Å²) in [5, 5.41) is 6.17. The minimum absolute atomic E-state index is 0.0248. The third-order valence-electron chi connectivity index (χ3n) is 4.23. The summed E-state index contributed by atoms with van der Waals surface area (Å²) in [4.78, 5) is 12.9. The fourth-order valence-corrected chi connectivity index (χ4v) is 3.46. The van der Waals surface area contributed by atoms with Gasteiger partial charge in [0.25, 0.3) is 0 Å². The number of aromatic nitrogens is 3. The smallest absolute Gasteiger partial charge is 0.229 e. The predicted octanol–water partition coefficient (Wildman–Crippen LogP) is 3.93. The van der Waals surface area contributed by atoms with E-state index in [0.29, 0.717) is 35.8 Å². The van der Waals surface area contributed by atoms with Crippen molar-refractivity contribution in [3.05, 3.63) is 53.7 Å². The number of rotatable bonds is 9. The normalized spacial score (nSPS) is 11.4. The molecule has 8 nitrogen and oxygen atoms in total. The number of ether oxygens (including phenoxy) is 1. The van der Waals surface area contributed by atoms with E-state index in [1.54, 1.807) is 19.5 Å². The fraction of sp³-hybridized carbons (Fsp3) is 0.250. The number of anilines is 3. The van der Waals surface area contributed by atoms with Crippen molar-refractivity contribution in [2.24, 2.45) is 0 Å². The molecule has 2 aromatic heterocycles. The van der Waals surface area contributed by atoms with Crippen LogP contribution in [0.15, 0.2) is 47.8 Å². The lowest BCUT2D eigenvalue weighted by molar-refractivity contribution is 0.198. The van der Waals surface area contributed by atoms with Gasteiger partial charge in [0.15, 0.2) is 9.84 Å². The molecular weight excluding hydrogens is 445 g/mol. The zero-order chi connectivity index (χ0) is 22.4. The summed E-state index contributed by atoms with van der Waals surface area (Å²) in [5.41, 5.74) is 1.65. The van der Waals surface area contributed by atoms with Gasteiger partial charge >= 0.3 is 0 Å².